The number of para-hydroxylation sites is 1. The van der Waals surface area contributed by atoms with Crippen molar-refractivity contribution in [2.75, 3.05) is 5.01 Å². The molecular weight excluding hydrogens is 174 g/mol. The molecule has 0 fully saturated rings. The van der Waals surface area contributed by atoms with E-state index in [1.165, 1.54) is 5.56 Å². The molecule has 2 rings (SSSR count). The number of amidine groups is 1. The molecule has 14 heavy (non-hydrogen) atoms. The first-order valence-corrected chi connectivity index (χ1v) is 4.86. The van der Waals surface area contributed by atoms with Crippen molar-refractivity contribution in [2.45, 2.75) is 26.3 Å². The van der Waals surface area contributed by atoms with Gasteiger partial charge in [-0.2, -0.15) is 5.10 Å². The van der Waals surface area contributed by atoms with E-state index in [0.717, 1.165) is 17.9 Å². The highest BCUT2D eigenvalue weighted by molar-refractivity contribution is 5.85. The molecule has 0 bridgehead atoms. The van der Waals surface area contributed by atoms with Gasteiger partial charge >= 0.3 is 0 Å². The molecule has 0 aliphatic carbocycles. The fraction of sp³-hybridized carbons (Fsp3) is 0.364. The van der Waals surface area contributed by atoms with E-state index in [9.17, 15) is 0 Å². The number of hydrazone groups is 1. The van der Waals surface area contributed by atoms with E-state index in [1.54, 1.807) is 0 Å². The topological polar surface area (TPSA) is 41.6 Å². The van der Waals surface area contributed by atoms with Gasteiger partial charge in [-0.05, 0) is 25.5 Å². The third-order valence-electron chi connectivity index (χ3n) is 2.52. The lowest BCUT2D eigenvalue weighted by molar-refractivity contribution is 0.721. The summed E-state index contributed by atoms with van der Waals surface area (Å²) in [6, 6.07) is 8.60. The lowest BCUT2D eigenvalue weighted by Gasteiger charge is -2.21. The standard InChI is InChI=1S/C11H15N3/c1-8-5-3-4-6-10(8)14-9(2)7-11(12)13-14/h3-6,9H,7H2,1-2H3,(H2,12,13). The Balaban J connectivity index is 2.36. The molecule has 0 radical (unpaired) electrons. The third-order valence-corrected chi connectivity index (χ3v) is 2.52. The van der Waals surface area contributed by atoms with Gasteiger partial charge < -0.3 is 5.73 Å². The molecule has 1 unspecified atom stereocenters. The zero-order valence-corrected chi connectivity index (χ0v) is 8.57. The quantitative estimate of drug-likeness (QED) is 0.732. The first-order chi connectivity index (χ1) is 6.68. The van der Waals surface area contributed by atoms with E-state index >= 15 is 0 Å². The molecule has 74 valence electrons. The number of hydrogen-bond donors (Lipinski definition) is 1. The van der Waals surface area contributed by atoms with Crippen molar-refractivity contribution >= 4 is 11.5 Å². The molecule has 1 heterocycles. The molecule has 1 atom stereocenters. The highest BCUT2D eigenvalue weighted by atomic mass is 15.5. The Labute approximate surface area is 84.2 Å². The zero-order chi connectivity index (χ0) is 10.1. The maximum Gasteiger partial charge on any atom is 0.122 e. The van der Waals surface area contributed by atoms with Crippen LogP contribution in [0.2, 0.25) is 0 Å². The van der Waals surface area contributed by atoms with Crippen molar-refractivity contribution in [1.29, 1.82) is 0 Å². The fourth-order valence-electron chi connectivity index (χ4n) is 1.78. The van der Waals surface area contributed by atoms with Gasteiger partial charge in [-0.15, -0.1) is 0 Å². The monoisotopic (exact) mass is 189 g/mol. The van der Waals surface area contributed by atoms with Gasteiger partial charge in [-0.1, -0.05) is 18.2 Å². The number of anilines is 1. The summed E-state index contributed by atoms with van der Waals surface area (Å²) in [6.07, 6.45) is 0.855. The number of nitrogens with two attached hydrogens (primary N) is 1. The summed E-state index contributed by atoms with van der Waals surface area (Å²) in [7, 11) is 0. The third kappa shape index (κ3) is 1.45. The predicted octanol–water partition coefficient (Wildman–Crippen LogP) is 1.87. The van der Waals surface area contributed by atoms with Crippen LogP contribution in [-0.4, -0.2) is 11.9 Å². The highest BCUT2D eigenvalue weighted by Gasteiger charge is 2.22. The van der Waals surface area contributed by atoms with Gasteiger partial charge in [0.05, 0.1) is 11.7 Å². The van der Waals surface area contributed by atoms with Crippen LogP contribution in [0, 0.1) is 6.92 Å². The van der Waals surface area contributed by atoms with E-state index in [-0.39, 0.29) is 0 Å². The summed E-state index contributed by atoms with van der Waals surface area (Å²) < 4.78 is 0. The second-order valence-corrected chi connectivity index (χ2v) is 3.78. The minimum absolute atomic E-state index is 0.371. The molecule has 3 nitrogen and oxygen atoms in total. The summed E-state index contributed by atoms with van der Waals surface area (Å²) in [4.78, 5) is 0. The number of rotatable bonds is 1. The molecule has 1 aliphatic heterocycles. The maximum absolute atomic E-state index is 5.71. The van der Waals surface area contributed by atoms with Crippen LogP contribution in [0.1, 0.15) is 18.9 Å². The fourth-order valence-corrected chi connectivity index (χ4v) is 1.78. The summed E-state index contributed by atoms with van der Waals surface area (Å²) >= 11 is 0. The van der Waals surface area contributed by atoms with Gasteiger partial charge in [0.15, 0.2) is 0 Å². The van der Waals surface area contributed by atoms with Gasteiger partial charge in [0.25, 0.3) is 0 Å². The molecule has 1 aromatic carbocycles. The van der Waals surface area contributed by atoms with Crippen LogP contribution in [0.3, 0.4) is 0 Å². The molecule has 0 aromatic heterocycles. The van der Waals surface area contributed by atoms with Crippen LogP contribution in [0.25, 0.3) is 0 Å². The minimum atomic E-state index is 0.371. The van der Waals surface area contributed by atoms with Crippen molar-refractivity contribution in [2.24, 2.45) is 10.8 Å². The predicted molar refractivity (Wildman–Crippen MR) is 59.4 cm³/mol. The smallest absolute Gasteiger partial charge is 0.122 e. The van der Waals surface area contributed by atoms with E-state index in [4.69, 9.17) is 5.73 Å². The molecule has 1 aromatic rings. The van der Waals surface area contributed by atoms with Gasteiger partial charge in [-0.25, -0.2) is 0 Å². The summed E-state index contributed by atoms with van der Waals surface area (Å²) in [6.45, 7) is 4.22. The summed E-state index contributed by atoms with van der Waals surface area (Å²) in [5.74, 6) is 0.723. The van der Waals surface area contributed by atoms with Crippen LogP contribution in [0.4, 0.5) is 5.69 Å². The average Bonchev–Trinajstić information content (AvgIpc) is 2.46. The van der Waals surface area contributed by atoms with Crippen molar-refractivity contribution in [1.82, 2.24) is 0 Å². The highest BCUT2D eigenvalue weighted by Crippen LogP contribution is 2.26. The molecule has 2 N–H and O–H groups in total. The van der Waals surface area contributed by atoms with Crippen LogP contribution in [0.5, 0.6) is 0 Å². The molecule has 0 amide bonds. The van der Waals surface area contributed by atoms with Crippen molar-refractivity contribution in [3.63, 3.8) is 0 Å². The summed E-state index contributed by atoms with van der Waals surface area (Å²) in [5, 5.41) is 6.33. The molecular formula is C11H15N3. The van der Waals surface area contributed by atoms with Gasteiger partial charge in [-0.3, -0.25) is 5.01 Å². The minimum Gasteiger partial charge on any atom is -0.386 e. The summed E-state index contributed by atoms with van der Waals surface area (Å²) in [5.41, 5.74) is 8.10. The number of aryl methyl sites for hydroxylation is 1. The average molecular weight is 189 g/mol. The number of benzene rings is 1. The van der Waals surface area contributed by atoms with Gasteiger partial charge in [0.1, 0.15) is 5.84 Å². The van der Waals surface area contributed by atoms with Crippen molar-refractivity contribution in [3.05, 3.63) is 29.8 Å². The Morgan fingerprint density at radius 2 is 2.14 bits per heavy atom. The normalized spacial score (nSPS) is 21.1. The van der Waals surface area contributed by atoms with E-state index in [2.05, 4.69) is 31.1 Å². The Morgan fingerprint density at radius 3 is 2.71 bits per heavy atom. The number of nitrogens with zero attached hydrogens (tertiary/aromatic N) is 2. The van der Waals surface area contributed by atoms with Crippen LogP contribution >= 0.6 is 0 Å². The second-order valence-electron chi connectivity index (χ2n) is 3.78. The Hall–Kier alpha value is -1.51. The van der Waals surface area contributed by atoms with E-state index in [0.29, 0.717) is 6.04 Å². The molecule has 0 saturated carbocycles. The van der Waals surface area contributed by atoms with Crippen LogP contribution in [-0.2, 0) is 0 Å². The Bertz CT molecular complexity index is 371. The number of hydrogen-bond acceptors (Lipinski definition) is 3. The Morgan fingerprint density at radius 1 is 1.43 bits per heavy atom. The lowest BCUT2D eigenvalue weighted by Crippen LogP contribution is -2.23. The largest absolute Gasteiger partial charge is 0.386 e. The van der Waals surface area contributed by atoms with Crippen molar-refractivity contribution in [3.8, 4) is 0 Å². The van der Waals surface area contributed by atoms with Crippen LogP contribution in [0.15, 0.2) is 29.4 Å². The zero-order valence-electron chi connectivity index (χ0n) is 8.57. The SMILES string of the molecule is Cc1ccccc1N1N=C(N)CC1C. The van der Waals surface area contributed by atoms with Gasteiger partial charge in [0, 0.05) is 6.42 Å². The molecule has 1 aliphatic rings. The Kier molecular flexibility index (Phi) is 2.15. The van der Waals surface area contributed by atoms with Crippen molar-refractivity contribution < 1.29 is 0 Å². The van der Waals surface area contributed by atoms with Gasteiger partial charge in [0.2, 0.25) is 0 Å². The molecule has 0 saturated heterocycles. The van der Waals surface area contributed by atoms with Crippen LogP contribution < -0.4 is 10.7 Å². The first kappa shape index (κ1) is 9.06. The first-order valence-electron chi connectivity index (χ1n) is 4.86. The maximum atomic E-state index is 5.71. The van der Waals surface area contributed by atoms with E-state index in [1.807, 2.05) is 17.1 Å². The molecule has 0 spiro atoms. The molecule has 3 heteroatoms. The van der Waals surface area contributed by atoms with E-state index < -0.39 is 0 Å². The lowest BCUT2D eigenvalue weighted by atomic mass is 10.1. The second kappa shape index (κ2) is 3.33.